The molecule has 0 spiro atoms. The largest absolute Gasteiger partial charge is 0.489 e. The summed E-state index contributed by atoms with van der Waals surface area (Å²) in [5.41, 5.74) is 9.09. The maximum Gasteiger partial charge on any atom is 0.258 e. The van der Waals surface area contributed by atoms with Crippen molar-refractivity contribution in [2.75, 3.05) is 26.3 Å². The van der Waals surface area contributed by atoms with Crippen LogP contribution in [-0.2, 0) is 4.74 Å². The van der Waals surface area contributed by atoms with Crippen LogP contribution in [0.1, 0.15) is 40.4 Å². The Morgan fingerprint density at radius 1 is 1.21 bits per heavy atom. The summed E-state index contributed by atoms with van der Waals surface area (Å²) in [7, 11) is 0. The van der Waals surface area contributed by atoms with Crippen LogP contribution in [0.15, 0.2) is 23.9 Å². The Bertz CT molecular complexity index is 1140. The van der Waals surface area contributed by atoms with Gasteiger partial charge in [-0.1, -0.05) is 11.6 Å². The lowest BCUT2D eigenvalue weighted by Gasteiger charge is -2.40. The predicted octanol–water partition coefficient (Wildman–Crippen LogP) is 2.61. The molecular weight excluding hydrogens is 461 g/mol. The minimum absolute atomic E-state index is 0.0717. The standard InChI is InChI=1S/C24H27ClFN5O3/c1-12-22(25)13(2)29-23(28-12)19-8-31(9-20(19)27)24(32)18-4-3-14(26)5-21(18)34-17-6-15(7-17)30-16-10-33-11-16/h3-5,15-17,30H,6-11,27H2,1-2H3. The zero-order chi connectivity index (χ0) is 24.0. The number of hydrogen-bond donors (Lipinski definition) is 2. The highest BCUT2D eigenvalue weighted by atomic mass is 35.5. The topological polar surface area (TPSA) is 103 Å². The number of ether oxygens (including phenoxy) is 2. The summed E-state index contributed by atoms with van der Waals surface area (Å²) in [5.74, 6) is -0.0158. The van der Waals surface area contributed by atoms with Crippen molar-refractivity contribution in [1.82, 2.24) is 20.2 Å². The monoisotopic (exact) mass is 487 g/mol. The minimum Gasteiger partial charge on any atom is -0.489 e. The molecule has 5 rings (SSSR count). The number of nitrogens with two attached hydrogens (primary N) is 1. The van der Waals surface area contributed by atoms with Crippen molar-refractivity contribution in [2.45, 2.75) is 44.9 Å². The smallest absolute Gasteiger partial charge is 0.258 e. The van der Waals surface area contributed by atoms with Crippen LogP contribution < -0.4 is 15.8 Å². The van der Waals surface area contributed by atoms with Crippen molar-refractivity contribution in [3.63, 3.8) is 0 Å². The molecule has 0 radical (unpaired) electrons. The van der Waals surface area contributed by atoms with E-state index >= 15 is 0 Å². The molecule has 2 fully saturated rings. The molecule has 0 unspecified atom stereocenters. The first-order chi connectivity index (χ1) is 16.3. The van der Waals surface area contributed by atoms with E-state index in [0.29, 0.717) is 51.2 Å². The van der Waals surface area contributed by atoms with Crippen molar-refractivity contribution in [3.8, 4) is 5.75 Å². The zero-order valence-corrected chi connectivity index (χ0v) is 19.9. The molecule has 10 heteroatoms. The van der Waals surface area contributed by atoms with Crippen LogP contribution >= 0.6 is 11.6 Å². The van der Waals surface area contributed by atoms with Crippen molar-refractivity contribution in [1.29, 1.82) is 0 Å². The molecular formula is C24H27ClFN5O3. The van der Waals surface area contributed by atoms with Gasteiger partial charge in [-0.15, -0.1) is 0 Å². The molecule has 3 N–H and O–H groups in total. The minimum atomic E-state index is -0.451. The summed E-state index contributed by atoms with van der Waals surface area (Å²) < 4.78 is 25.3. The summed E-state index contributed by atoms with van der Waals surface area (Å²) in [6, 6.07) is 4.76. The summed E-state index contributed by atoms with van der Waals surface area (Å²) in [4.78, 5) is 23.9. The average Bonchev–Trinajstić information content (AvgIpc) is 3.13. The number of carbonyl (C=O) groups is 1. The van der Waals surface area contributed by atoms with Gasteiger partial charge in [-0.3, -0.25) is 4.79 Å². The number of nitrogens with zero attached hydrogens (tertiary/aromatic N) is 3. The summed E-state index contributed by atoms with van der Waals surface area (Å²) in [5, 5.41) is 4.02. The molecule has 1 aliphatic carbocycles. The molecule has 8 nitrogen and oxygen atoms in total. The van der Waals surface area contributed by atoms with Gasteiger partial charge in [0.2, 0.25) is 0 Å². The molecule has 3 aliphatic rings. The molecule has 2 aromatic rings. The van der Waals surface area contributed by atoms with Crippen LogP contribution in [0, 0.1) is 19.7 Å². The van der Waals surface area contributed by atoms with Gasteiger partial charge in [0.15, 0.2) is 5.82 Å². The molecule has 0 atom stereocenters. The van der Waals surface area contributed by atoms with Crippen LogP contribution in [0.3, 0.4) is 0 Å². The number of rotatable bonds is 6. The van der Waals surface area contributed by atoms with Crippen LogP contribution in [-0.4, -0.2) is 65.3 Å². The number of hydrogen-bond acceptors (Lipinski definition) is 7. The van der Waals surface area contributed by atoms with E-state index < -0.39 is 5.82 Å². The first-order valence-corrected chi connectivity index (χ1v) is 11.7. The number of carbonyl (C=O) groups excluding carboxylic acids is 1. The molecule has 34 heavy (non-hydrogen) atoms. The van der Waals surface area contributed by atoms with Gasteiger partial charge in [-0.05, 0) is 38.8 Å². The Morgan fingerprint density at radius 2 is 1.91 bits per heavy atom. The Hall–Kier alpha value is -2.75. The lowest BCUT2D eigenvalue weighted by Crippen LogP contribution is -2.56. The third-order valence-electron chi connectivity index (χ3n) is 6.51. The van der Waals surface area contributed by atoms with E-state index in [4.69, 9.17) is 26.8 Å². The van der Waals surface area contributed by atoms with Crippen molar-refractivity contribution >= 4 is 23.1 Å². The molecule has 3 heterocycles. The molecule has 1 saturated carbocycles. The average molecular weight is 488 g/mol. The van der Waals surface area contributed by atoms with Gasteiger partial charge < -0.3 is 25.4 Å². The fourth-order valence-electron chi connectivity index (χ4n) is 4.43. The second kappa shape index (κ2) is 9.13. The number of amides is 1. The summed E-state index contributed by atoms with van der Waals surface area (Å²) >= 11 is 6.19. The number of nitrogens with one attached hydrogen (secondary N) is 1. The van der Waals surface area contributed by atoms with Gasteiger partial charge in [-0.25, -0.2) is 14.4 Å². The van der Waals surface area contributed by atoms with Crippen LogP contribution in [0.2, 0.25) is 5.02 Å². The van der Waals surface area contributed by atoms with E-state index in [-0.39, 0.29) is 30.9 Å². The fraction of sp³-hybridized carbons (Fsp3) is 0.458. The molecule has 180 valence electrons. The highest BCUT2D eigenvalue weighted by Crippen LogP contribution is 2.32. The first-order valence-electron chi connectivity index (χ1n) is 11.4. The van der Waals surface area contributed by atoms with Gasteiger partial charge in [0.05, 0.1) is 54.3 Å². The number of benzene rings is 1. The number of aromatic nitrogens is 2. The van der Waals surface area contributed by atoms with Crippen LogP contribution in [0.4, 0.5) is 4.39 Å². The predicted molar refractivity (Wildman–Crippen MR) is 125 cm³/mol. The first kappa shape index (κ1) is 23.0. The fourth-order valence-corrected chi connectivity index (χ4v) is 4.51. The van der Waals surface area contributed by atoms with Crippen molar-refractivity contribution in [3.05, 3.63) is 57.5 Å². The van der Waals surface area contributed by atoms with Gasteiger partial charge in [0, 0.05) is 23.4 Å². The van der Waals surface area contributed by atoms with Crippen LogP contribution in [0.5, 0.6) is 5.75 Å². The van der Waals surface area contributed by atoms with Crippen LogP contribution in [0.25, 0.3) is 5.57 Å². The highest BCUT2D eigenvalue weighted by Gasteiger charge is 2.35. The molecule has 1 aromatic carbocycles. The second-order valence-corrected chi connectivity index (χ2v) is 9.52. The van der Waals surface area contributed by atoms with E-state index in [0.717, 1.165) is 26.1 Å². The Morgan fingerprint density at radius 3 is 2.56 bits per heavy atom. The number of aryl methyl sites for hydroxylation is 2. The van der Waals surface area contributed by atoms with Crippen molar-refractivity contribution in [2.24, 2.45) is 5.73 Å². The molecule has 0 bridgehead atoms. The van der Waals surface area contributed by atoms with Gasteiger partial charge in [-0.2, -0.15) is 0 Å². The highest BCUT2D eigenvalue weighted by molar-refractivity contribution is 6.31. The SMILES string of the molecule is Cc1nc(C2=C(N)CN(C(=O)c3ccc(F)cc3OC3CC(NC4COC4)C3)C2)nc(C)c1Cl. The molecule has 1 saturated heterocycles. The quantitative estimate of drug-likeness (QED) is 0.645. The van der Waals surface area contributed by atoms with Crippen molar-refractivity contribution < 1.29 is 18.7 Å². The molecule has 1 aromatic heterocycles. The third-order valence-corrected chi connectivity index (χ3v) is 7.06. The summed E-state index contributed by atoms with van der Waals surface area (Å²) in [6.07, 6.45) is 1.53. The Labute approximate surface area is 202 Å². The maximum atomic E-state index is 14.0. The maximum absolute atomic E-state index is 14.0. The lowest BCUT2D eigenvalue weighted by atomic mass is 9.88. The number of halogens is 2. The third kappa shape index (κ3) is 4.47. The molecule has 1 amide bonds. The zero-order valence-electron chi connectivity index (χ0n) is 19.1. The second-order valence-electron chi connectivity index (χ2n) is 9.15. The molecule has 2 aliphatic heterocycles. The van der Waals surface area contributed by atoms with E-state index in [1.807, 2.05) is 0 Å². The normalized spacial score (nSPS) is 22.5. The lowest BCUT2D eigenvalue weighted by molar-refractivity contribution is -0.0251. The Balaban J connectivity index is 1.28. The van der Waals surface area contributed by atoms with E-state index in [1.165, 1.54) is 18.2 Å². The van der Waals surface area contributed by atoms with Gasteiger partial charge in [0.25, 0.3) is 5.91 Å². The van der Waals surface area contributed by atoms with Gasteiger partial charge >= 0.3 is 0 Å². The van der Waals surface area contributed by atoms with Gasteiger partial charge in [0.1, 0.15) is 17.7 Å². The summed E-state index contributed by atoms with van der Waals surface area (Å²) in [6.45, 7) is 5.56. The Kier molecular flexibility index (Phi) is 6.18. The van der Waals surface area contributed by atoms with E-state index in [9.17, 15) is 9.18 Å². The van der Waals surface area contributed by atoms with E-state index in [2.05, 4.69) is 15.3 Å². The van der Waals surface area contributed by atoms with E-state index in [1.54, 1.807) is 18.7 Å².